The van der Waals surface area contributed by atoms with Crippen molar-refractivity contribution in [3.05, 3.63) is 71.5 Å². The normalized spacial score (nSPS) is 16.4. The Morgan fingerprint density at radius 1 is 0.958 bits per heavy atom. The predicted octanol–water partition coefficient (Wildman–Crippen LogP) is 3.69. The third-order valence-electron chi connectivity index (χ3n) is 4.07. The molecule has 0 radical (unpaired) electrons. The van der Waals surface area contributed by atoms with Gasteiger partial charge in [-0.1, -0.05) is 42.5 Å². The quantitative estimate of drug-likeness (QED) is 0.792. The predicted molar refractivity (Wildman–Crippen MR) is 95.1 cm³/mol. The molecule has 0 saturated carbocycles. The van der Waals surface area contributed by atoms with Crippen LogP contribution in [0.2, 0.25) is 0 Å². The van der Waals surface area contributed by atoms with E-state index < -0.39 is 0 Å². The number of hydrogen-bond acceptors (Lipinski definition) is 3. The molecule has 130 valence electrons. The van der Waals surface area contributed by atoms with Crippen LogP contribution in [0.4, 0.5) is 4.39 Å². The van der Waals surface area contributed by atoms with Crippen molar-refractivity contribution in [1.82, 2.24) is 4.90 Å². The first-order chi connectivity index (χ1) is 11.3. The number of morpholine rings is 1. The number of hydrogen-bond donors (Lipinski definition) is 0. The van der Waals surface area contributed by atoms with Crippen LogP contribution in [0.3, 0.4) is 0 Å². The van der Waals surface area contributed by atoms with E-state index >= 15 is 0 Å². The maximum atomic E-state index is 13.2. The molecular weight excluding hydrogens is 329 g/mol. The van der Waals surface area contributed by atoms with E-state index in [0.29, 0.717) is 6.61 Å². The Morgan fingerprint density at radius 2 is 1.58 bits per heavy atom. The van der Waals surface area contributed by atoms with Gasteiger partial charge in [0.25, 0.3) is 0 Å². The lowest BCUT2D eigenvalue weighted by atomic mass is 10.0. The highest BCUT2D eigenvalue weighted by Crippen LogP contribution is 2.26. The molecule has 1 saturated heterocycles. The van der Waals surface area contributed by atoms with Crippen molar-refractivity contribution in [3.8, 4) is 0 Å². The van der Waals surface area contributed by atoms with Gasteiger partial charge in [-0.2, -0.15) is 0 Å². The van der Waals surface area contributed by atoms with E-state index in [1.54, 1.807) is 12.1 Å². The topological polar surface area (TPSA) is 21.7 Å². The standard InChI is InChI=1S/C19H22FNO2.ClH/c20-18-8-6-17(7-9-18)19(16-4-2-1-3-5-16)23-15-12-21-10-13-22-14-11-21;/h1-9,19H,10-15H2;1H. The molecule has 1 aliphatic rings. The Morgan fingerprint density at radius 3 is 2.25 bits per heavy atom. The summed E-state index contributed by atoms with van der Waals surface area (Å²) in [6.07, 6.45) is -0.169. The molecule has 1 atom stereocenters. The van der Waals surface area contributed by atoms with Crippen molar-refractivity contribution in [2.45, 2.75) is 6.10 Å². The van der Waals surface area contributed by atoms with Crippen molar-refractivity contribution in [3.63, 3.8) is 0 Å². The van der Waals surface area contributed by atoms with Gasteiger partial charge in [0, 0.05) is 19.6 Å². The Kier molecular flexibility index (Phi) is 7.66. The van der Waals surface area contributed by atoms with Crippen molar-refractivity contribution in [2.75, 3.05) is 39.5 Å². The lowest BCUT2D eigenvalue weighted by Crippen LogP contribution is -2.38. The van der Waals surface area contributed by atoms with Gasteiger partial charge in [-0.3, -0.25) is 4.90 Å². The lowest BCUT2D eigenvalue weighted by Gasteiger charge is -2.27. The average molecular weight is 352 g/mol. The second-order valence-electron chi connectivity index (χ2n) is 5.67. The fourth-order valence-electron chi connectivity index (χ4n) is 2.77. The molecule has 0 aromatic heterocycles. The minimum atomic E-state index is -0.228. The number of benzene rings is 2. The van der Waals surface area contributed by atoms with Gasteiger partial charge in [-0.15, -0.1) is 12.4 Å². The van der Waals surface area contributed by atoms with Crippen LogP contribution in [0.1, 0.15) is 17.2 Å². The molecule has 2 aromatic carbocycles. The summed E-state index contributed by atoms with van der Waals surface area (Å²) in [6.45, 7) is 5.01. The molecule has 0 spiro atoms. The molecule has 0 amide bonds. The SMILES string of the molecule is Cl.Fc1ccc(C(OCCN2CCOCC2)c2ccccc2)cc1. The van der Waals surface area contributed by atoms with Crippen LogP contribution in [0.5, 0.6) is 0 Å². The van der Waals surface area contributed by atoms with Crippen molar-refractivity contribution >= 4 is 12.4 Å². The molecule has 1 heterocycles. The minimum absolute atomic E-state index is 0. The average Bonchev–Trinajstić information content (AvgIpc) is 2.61. The van der Waals surface area contributed by atoms with E-state index in [9.17, 15) is 4.39 Å². The second-order valence-corrected chi connectivity index (χ2v) is 5.67. The van der Waals surface area contributed by atoms with Crippen molar-refractivity contribution < 1.29 is 13.9 Å². The van der Waals surface area contributed by atoms with Crippen LogP contribution in [0.15, 0.2) is 54.6 Å². The molecule has 5 heteroatoms. The Balaban J connectivity index is 0.00000208. The van der Waals surface area contributed by atoms with Crippen LogP contribution in [0, 0.1) is 5.82 Å². The van der Waals surface area contributed by atoms with Gasteiger partial charge in [0.15, 0.2) is 0 Å². The van der Waals surface area contributed by atoms with Crippen molar-refractivity contribution in [1.29, 1.82) is 0 Å². The molecule has 1 aliphatic heterocycles. The van der Waals surface area contributed by atoms with Gasteiger partial charge in [0.2, 0.25) is 0 Å². The number of rotatable bonds is 6. The van der Waals surface area contributed by atoms with Crippen LogP contribution >= 0.6 is 12.4 Å². The maximum absolute atomic E-state index is 13.2. The number of nitrogens with zero attached hydrogens (tertiary/aromatic N) is 1. The fraction of sp³-hybridized carbons (Fsp3) is 0.368. The number of halogens is 2. The summed E-state index contributed by atoms with van der Waals surface area (Å²) >= 11 is 0. The molecule has 24 heavy (non-hydrogen) atoms. The van der Waals surface area contributed by atoms with E-state index in [1.165, 1.54) is 12.1 Å². The molecule has 0 aliphatic carbocycles. The first-order valence-electron chi connectivity index (χ1n) is 8.05. The third kappa shape index (κ3) is 5.28. The molecule has 0 bridgehead atoms. The minimum Gasteiger partial charge on any atom is -0.379 e. The first kappa shape index (κ1) is 18.9. The summed E-state index contributed by atoms with van der Waals surface area (Å²) in [5.41, 5.74) is 2.06. The van der Waals surface area contributed by atoms with Crippen LogP contribution in [-0.4, -0.2) is 44.4 Å². The Labute approximate surface area is 148 Å². The molecule has 0 N–H and O–H groups in total. The third-order valence-corrected chi connectivity index (χ3v) is 4.07. The smallest absolute Gasteiger partial charge is 0.123 e. The van der Waals surface area contributed by atoms with Crippen molar-refractivity contribution in [2.24, 2.45) is 0 Å². The second kappa shape index (κ2) is 9.74. The van der Waals surface area contributed by atoms with E-state index in [2.05, 4.69) is 4.90 Å². The number of ether oxygens (including phenoxy) is 2. The van der Waals surface area contributed by atoms with Crippen LogP contribution < -0.4 is 0 Å². The van der Waals surface area contributed by atoms with E-state index in [4.69, 9.17) is 9.47 Å². The summed E-state index contributed by atoms with van der Waals surface area (Å²) in [4.78, 5) is 2.34. The zero-order valence-electron chi connectivity index (χ0n) is 13.6. The largest absolute Gasteiger partial charge is 0.379 e. The van der Waals surface area contributed by atoms with E-state index in [0.717, 1.165) is 44.0 Å². The van der Waals surface area contributed by atoms with Gasteiger partial charge in [0.05, 0.1) is 19.8 Å². The molecular formula is C19H23ClFNO2. The van der Waals surface area contributed by atoms with Gasteiger partial charge >= 0.3 is 0 Å². The zero-order chi connectivity index (χ0) is 15.9. The fourth-order valence-corrected chi connectivity index (χ4v) is 2.77. The zero-order valence-corrected chi connectivity index (χ0v) is 14.4. The molecule has 1 unspecified atom stereocenters. The molecule has 3 nitrogen and oxygen atoms in total. The van der Waals surface area contributed by atoms with Gasteiger partial charge < -0.3 is 9.47 Å². The highest BCUT2D eigenvalue weighted by atomic mass is 35.5. The summed E-state index contributed by atoms with van der Waals surface area (Å²) in [5, 5.41) is 0. The molecule has 3 rings (SSSR count). The first-order valence-corrected chi connectivity index (χ1v) is 8.05. The summed E-state index contributed by atoms with van der Waals surface area (Å²) in [7, 11) is 0. The van der Waals surface area contributed by atoms with E-state index in [-0.39, 0.29) is 24.3 Å². The van der Waals surface area contributed by atoms with Gasteiger partial charge in [-0.25, -0.2) is 4.39 Å². The van der Waals surface area contributed by atoms with Gasteiger partial charge in [0.1, 0.15) is 11.9 Å². The Hall–Kier alpha value is -1.46. The highest BCUT2D eigenvalue weighted by molar-refractivity contribution is 5.85. The molecule has 2 aromatic rings. The molecule has 1 fully saturated rings. The summed E-state index contributed by atoms with van der Waals surface area (Å²) < 4.78 is 24.7. The monoisotopic (exact) mass is 351 g/mol. The van der Waals surface area contributed by atoms with Crippen LogP contribution in [0.25, 0.3) is 0 Å². The summed E-state index contributed by atoms with van der Waals surface area (Å²) in [5.74, 6) is -0.228. The van der Waals surface area contributed by atoms with E-state index in [1.807, 2.05) is 30.3 Å². The highest BCUT2D eigenvalue weighted by Gasteiger charge is 2.16. The van der Waals surface area contributed by atoms with Gasteiger partial charge in [-0.05, 0) is 23.3 Å². The Bertz CT molecular complexity index is 588. The maximum Gasteiger partial charge on any atom is 0.123 e. The lowest BCUT2D eigenvalue weighted by molar-refractivity contribution is 0.00967. The summed E-state index contributed by atoms with van der Waals surface area (Å²) in [6, 6.07) is 16.6. The van der Waals surface area contributed by atoms with Crippen LogP contribution in [-0.2, 0) is 9.47 Å².